The Balaban J connectivity index is 2.77. The maximum absolute atomic E-state index is 11.3. The molecule has 0 fully saturated rings. The minimum Gasteiger partial charge on any atom is -0.459 e. The summed E-state index contributed by atoms with van der Waals surface area (Å²) in [5.74, 6) is -0.00328. The molecule has 4 heteroatoms. The molecule has 0 radical (unpaired) electrons. The Morgan fingerprint density at radius 1 is 1.38 bits per heavy atom. The van der Waals surface area contributed by atoms with E-state index in [1.54, 1.807) is 13.0 Å². The minimum atomic E-state index is -0.599. The van der Waals surface area contributed by atoms with E-state index in [0.29, 0.717) is 5.75 Å². The molecule has 0 bridgehead atoms. The Kier molecular flexibility index (Phi) is 4.43. The number of ether oxygens (including phenoxy) is 2. The summed E-state index contributed by atoms with van der Waals surface area (Å²) < 4.78 is 10.0. The molecule has 3 nitrogen and oxygen atoms in total. The van der Waals surface area contributed by atoms with Crippen molar-refractivity contribution in [1.82, 2.24) is 0 Å². The monoisotopic (exact) mass is 238 g/mol. The molecule has 0 spiro atoms. The van der Waals surface area contributed by atoms with Gasteiger partial charge >= 0.3 is 5.97 Å². The third-order valence-corrected chi connectivity index (χ3v) is 2.45. The zero-order valence-electron chi connectivity index (χ0n) is 9.57. The van der Waals surface area contributed by atoms with Gasteiger partial charge in [-0.05, 0) is 50.2 Å². The van der Waals surface area contributed by atoms with E-state index in [9.17, 15) is 4.79 Å². The molecule has 0 aliphatic heterocycles. The third kappa shape index (κ3) is 3.03. The van der Waals surface area contributed by atoms with Crippen molar-refractivity contribution >= 4 is 23.2 Å². The maximum Gasteiger partial charge on any atom is 0.385 e. The third-order valence-electron chi connectivity index (χ3n) is 2.20. The molecule has 0 amide bonds. The van der Waals surface area contributed by atoms with Crippen molar-refractivity contribution in [3.63, 3.8) is 0 Å². The van der Waals surface area contributed by atoms with Crippen molar-refractivity contribution < 1.29 is 14.3 Å². The van der Waals surface area contributed by atoms with Gasteiger partial charge in [-0.2, -0.15) is 0 Å². The summed E-state index contributed by atoms with van der Waals surface area (Å²) in [5, 5.41) is -0.157. The summed E-state index contributed by atoms with van der Waals surface area (Å²) in [4.78, 5) is 11.3. The van der Waals surface area contributed by atoms with Gasteiger partial charge in [0.2, 0.25) is 0 Å². The molecule has 86 valence electrons. The first-order valence-electron chi connectivity index (χ1n) is 5.01. The first-order valence-corrected chi connectivity index (χ1v) is 5.42. The van der Waals surface area contributed by atoms with Crippen molar-refractivity contribution in [2.45, 2.75) is 20.8 Å². The summed E-state index contributed by atoms with van der Waals surface area (Å²) in [5.41, 5.74) is 2.05. The fourth-order valence-electron chi connectivity index (χ4n) is 1.17. The first-order chi connectivity index (χ1) is 7.56. The van der Waals surface area contributed by atoms with Crippen molar-refractivity contribution in [2.75, 3.05) is 6.61 Å². The molecule has 1 rings (SSSR count). The predicted octanol–water partition coefficient (Wildman–Crippen LogP) is 2.57. The zero-order chi connectivity index (χ0) is 12.1. The van der Waals surface area contributed by atoms with E-state index in [0.717, 1.165) is 11.1 Å². The quantitative estimate of drug-likeness (QED) is 0.586. The number of hydrogen-bond donors (Lipinski definition) is 0. The second kappa shape index (κ2) is 5.61. The lowest BCUT2D eigenvalue weighted by atomic mass is 10.1. The van der Waals surface area contributed by atoms with E-state index in [1.807, 2.05) is 26.0 Å². The van der Waals surface area contributed by atoms with E-state index in [1.165, 1.54) is 0 Å². The number of carbonyl (C=O) groups is 1. The highest BCUT2D eigenvalue weighted by molar-refractivity contribution is 7.81. The highest BCUT2D eigenvalue weighted by Gasteiger charge is 2.14. The number of esters is 1. The van der Waals surface area contributed by atoms with Crippen LogP contribution in [-0.2, 0) is 9.53 Å². The number of carbonyl (C=O) groups excluding carboxylic acids is 1. The average Bonchev–Trinajstić information content (AvgIpc) is 2.25. The van der Waals surface area contributed by atoms with Gasteiger partial charge in [0.1, 0.15) is 5.75 Å². The molecule has 0 unspecified atom stereocenters. The van der Waals surface area contributed by atoms with Gasteiger partial charge in [0.15, 0.2) is 0 Å². The van der Waals surface area contributed by atoms with Crippen molar-refractivity contribution in [3.05, 3.63) is 29.3 Å². The lowest BCUT2D eigenvalue weighted by Gasteiger charge is -2.10. The summed E-state index contributed by atoms with van der Waals surface area (Å²) in [6.07, 6.45) is 0. The van der Waals surface area contributed by atoms with Crippen molar-refractivity contribution in [3.8, 4) is 5.75 Å². The van der Waals surface area contributed by atoms with E-state index >= 15 is 0 Å². The number of aryl methyl sites for hydroxylation is 1. The molecular formula is C12H14O3S. The van der Waals surface area contributed by atoms with Crippen LogP contribution in [0.3, 0.4) is 0 Å². The van der Waals surface area contributed by atoms with Crippen molar-refractivity contribution in [1.29, 1.82) is 0 Å². The normalized spacial score (nSPS) is 9.69. The Bertz CT molecular complexity index is 413. The average molecular weight is 238 g/mol. The van der Waals surface area contributed by atoms with Crippen LogP contribution in [0.4, 0.5) is 0 Å². The maximum atomic E-state index is 11.3. The molecule has 0 atom stereocenters. The van der Waals surface area contributed by atoms with Gasteiger partial charge in [-0.25, -0.2) is 4.79 Å². The van der Waals surface area contributed by atoms with Gasteiger partial charge in [0.25, 0.3) is 5.05 Å². The van der Waals surface area contributed by atoms with Gasteiger partial charge in [-0.1, -0.05) is 12.1 Å². The Hall–Kier alpha value is -1.42. The molecule has 0 saturated heterocycles. The standard InChI is InChI=1S/C12H14O3S/c1-4-14-11(13)12(16)15-10-7-5-6-8(2)9(10)3/h5-7H,4H2,1-3H3. The highest BCUT2D eigenvalue weighted by atomic mass is 32.1. The number of thiocarbonyl (C=S) groups is 1. The number of hydrogen-bond acceptors (Lipinski definition) is 4. The molecule has 0 saturated carbocycles. The lowest BCUT2D eigenvalue weighted by Crippen LogP contribution is -2.21. The van der Waals surface area contributed by atoms with E-state index in [2.05, 4.69) is 0 Å². The summed E-state index contributed by atoms with van der Waals surface area (Å²) in [6, 6.07) is 5.59. The molecule has 0 aliphatic rings. The smallest absolute Gasteiger partial charge is 0.385 e. The predicted molar refractivity (Wildman–Crippen MR) is 65.8 cm³/mol. The fraction of sp³-hybridized carbons (Fsp3) is 0.333. The zero-order valence-corrected chi connectivity index (χ0v) is 10.4. The van der Waals surface area contributed by atoms with E-state index < -0.39 is 5.97 Å². The highest BCUT2D eigenvalue weighted by Crippen LogP contribution is 2.20. The molecule has 0 heterocycles. The summed E-state index contributed by atoms with van der Waals surface area (Å²) in [7, 11) is 0. The van der Waals surface area contributed by atoms with E-state index in [4.69, 9.17) is 21.7 Å². The minimum absolute atomic E-state index is 0.157. The second-order valence-electron chi connectivity index (χ2n) is 3.31. The number of benzene rings is 1. The van der Waals surface area contributed by atoms with Gasteiger partial charge in [-0.15, -0.1) is 0 Å². The van der Waals surface area contributed by atoms with Crippen LogP contribution in [0.1, 0.15) is 18.1 Å². The Labute approximate surface area is 100 Å². The first kappa shape index (κ1) is 12.6. The van der Waals surface area contributed by atoms with Gasteiger partial charge < -0.3 is 9.47 Å². The molecule has 16 heavy (non-hydrogen) atoms. The van der Waals surface area contributed by atoms with Crippen LogP contribution in [0.25, 0.3) is 0 Å². The van der Waals surface area contributed by atoms with Gasteiger partial charge in [-0.3, -0.25) is 0 Å². The molecule has 1 aromatic rings. The van der Waals surface area contributed by atoms with Crippen LogP contribution in [-0.4, -0.2) is 17.6 Å². The van der Waals surface area contributed by atoms with Crippen LogP contribution in [0.5, 0.6) is 5.75 Å². The van der Waals surface area contributed by atoms with Gasteiger partial charge in [0, 0.05) is 0 Å². The van der Waals surface area contributed by atoms with Crippen LogP contribution in [0, 0.1) is 13.8 Å². The summed E-state index contributed by atoms with van der Waals surface area (Å²) >= 11 is 4.83. The fourth-order valence-corrected chi connectivity index (χ4v) is 1.32. The molecular weight excluding hydrogens is 224 g/mol. The molecule has 1 aromatic carbocycles. The van der Waals surface area contributed by atoms with Crippen molar-refractivity contribution in [2.24, 2.45) is 0 Å². The molecule has 0 aliphatic carbocycles. The van der Waals surface area contributed by atoms with Crippen LogP contribution in [0.15, 0.2) is 18.2 Å². The lowest BCUT2D eigenvalue weighted by molar-refractivity contribution is -0.135. The Morgan fingerprint density at radius 3 is 2.69 bits per heavy atom. The molecule has 0 aromatic heterocycles. The van der Waals surface area contributed by atoms with Gasteiger partial charge in [0.05, 0.1) is 6.61 Å². The Morgan fingerprint density at radius 2 is 2.06 bits per heavy atom. The second-order valence-corrected chi connectivity index (χ2v) is 3.68. The van der Waals surface area contributed by atoms with E-state index in [-0.39, 0.29) is 11.7 Å². The summed E-state index contributed by atoms with van der Waals surface area (Å²) in [6.45, 7) is 5.89. The largest absolute Gasteiger partial charge is 0.459 e. The number of rotatable bonds is 2. The SMILES string of the molecule is CCOC(=O)C(=S)Oc1cccc(C)c1C. The van der Waals surface area contributed by atoms with Crippen LogP contribution in [0.2, 0.25) is 0 Å². The van der Waals surface area contributed by atoms with Crippen LogP contribution >= 0.6 is 12.2 Å². The molecule has 0 N–H and O–H groups in total. The topological polar surface area (TPSA) is 35.5 Å². The van der Waals surface area contributed by atoms with Crippen LogP contribution < -0.4 is 4.74 Å².